The molecule has 0 saturated heterocycles. The second kappa shape index (κ2) is 7.47. The Morgan fingerprint density at radius 1 is 1.35 bits per heavy atom. The van der Waals surface area contributed by atoms with Gasteiger partial charge in [0.2, 0.25) is 0 Å². The van der Waals surface area contributed by atoms with E-state index in [2.05, 4.69) is 61.8 Å². The summed E-state index contributed by atoms with van der Waals surface area (Å²) in [6.07, 6.45) is 3.96. The molecule has 1 unspecified atom stereocenters. The molecular formula is C15H15BrFIN2. The monoisotopic (exact) mass is 448 g/mol. The molecule has 2 rings (SSSR count). The predicted octanol–water partition coefficient (Wildman–Crippen LogP) is 4.68. The lowest BCUT2D eigenvalue weighted by Gasteiger charge is -2.21. The van der Waals surface area contributed by atoms with Gasteiger partial charge in [0.15, 0.2) is 0 Å². The Morgan fingerprint density at radius 2 is 2.15 bits per heavy atom. The van der Waals surface area contributed by atoms with Crippen LogP contribution in [0.15, 0.2) is 41.1 Å². The van der Waals surface area contributed by atoms with E-state index in [1.165, 1.54) is 12.3 Å². The van der Waals surface area contributed by atoms with E-state index in [0.29, 0.717) is 0 Å². The number of halogens is 3. The van der Waals surface area contributed by atoms with Crippen LogP contribution in [0.2, 0.25) is 0 Å². The molecule has 20 heavy (non-hydrogen) atoms. The van der Waals surface area contributed by atoms with Crippen LogP contribution in [0, 0.1) is 9.39 Å². The number of benzene rings is 1. The fraction of sp³-hybridized carbons (Fsp3) is 0.267. The van der Waals surface area contributed by atoms with Crippen LogP contribution in [0.5, 0.6) is 0 Å². The van der Waals surface area contributed by atoms with E-state index in [4.69, 9.17) is 0 Å². The van der Waals surface area contributed by atoms with Gasteiger partial charge in [-0.15, -0.1) is 0 Å². The number of pyridine rings is 1. The minimum atomic E-state index is -0.309. The van der Waals surface area contributed by atoms with Crippen LogP contribution in [-0.2, 0) is 0 Å². The molecule has 0 spiro atoms. The summed E-state index contributed by atoms with van der Waals surface area (Å²) in [7, 11) is 0. The first-order chi connectivity index (χ1) is 9.61. The molecule has 0 aliphatic carbocycles. The normalized spacial score (nSPS) is 12.4. The van der Waals surface area contributed by atoms with Crippen LogP contribution in [0.25, 0.3) is 0 Å². The highest BCUT2D eigenvalue weighted by Gasteiger charge is 2.17. The lowest BCUT2D eigenvalue weighted by atomic mass is 10.00. The van der Waals surface area contributed by atoms with Crippen molar-refractivity contribution >= 4 is 38.5 Å². The van der Waals surface area contributed by atoms with Crippen molar-refractivity contribution in [2.75, 3.05) is 6.54 Å². The minimum absolute atomic E-state index is 0.0532. The maximum Gasteiger partial charge on any atom is 0.141 e. The van der Waals surface area contributed by atoms with Gasteiger partial charge in [0.25, 0.3) is 0 Å². The highest BCUT2D eigenvalue weighted by molar-refractivity contribution is 14.1. The second-order valence-electron chi connectivity index (χ2n) is 4.49. The van der Waals surface area contributed by atoms with E-state index < -0.39 is 0 Å². The molecule has 1 atom stereocenters. The molecule has 0 amide bonds. The molecule has 1 heterocycles. The maximum absolute atomic E-state index is 13.4. The molecule has 1 aromatic heterocycles. The van der Waals surface area contributed by atoms with E-state index in [9.17, 15) is 4.39 Å². The summed E-state index contributed by atoms with van der Waals surface area (Å²) in [5, 5.41) is 3.46. The quantitative estimate of drug-likeness (QED) is 0.672. The number of nitrogens with one attached hydrogen (secondary N) is 1. The van der Waals surface area contributed by atoms with Gasteiger partial charge >= 0.3 is 0 Å². The van der Waals surface area contributed by atoms with Crippen molar-refractivity contribution in [2.24, 2.45) is 0 Å². The Hall–Kier alpha value is -0.530. The summed E-state index contributed by atoms with van der Waals surface area (Å²) >= 11 is 5.80. The lowest BCUT2D eigenvalue weighted by molar-refractivity contribution is 0.579. The molecule has 0 saturated carbocycles. The summed E-state index contributed by atoms with van der Waals surface area (Å²) in [4.78, 5) is 3.96. The van der Waals surface area contributed by atoms with Gasteiger partial charge in [-0.05, 0) is 70.9 Å². The van der Waals surface area contributed by atoms with Crippen molar-refractivity contribution in [2.45, 2.75) is 19.4 Å². The fourth-order valence-electron chi connectivity index (χ4n) is 2.02. The van der Waals surface area contributed by atoms with Crippen molar-refractivity contribution < 1.29 is 4.39 Å². The molecule has 1 N–H and O–H groups in total. The third kappa shape index (κ3) is 3.99. The molecule has 106 valence electrons. The van der Waals surface area contributed by atoms with Crippen molar-refractivity contribution in [3.8, 4) is 0 Å². The molecule has 1 aromatic carbocycles. The van der Waals surface area contributed by atoms with Gasteiger partial charge in [-0.25, -0.2) is 4.39 Å². The summed E-state index contributed by atoms with van der Waals surface area (Å²) in [6.45, 7) is 2.98. The number of hydrogen-bond acceptors (Lipinski definition) is 2. The van der Waals surface area contributed by atoms with Crippen molar-refractivity contribution in [3.63, 3.8) is 0 Å². The van der Waals surface area contributed by atoms with E-state index in [1.807, 2.05) is 12.1 Å². The summed E-state index contributed by atoms with van der Waals surface area (Å²) in [6, 6.07) is 7.61. The number of hydrogen-bond donors (Lipinski definition) is 1. The molecule has 0 bridgehead atoms. The SMILES string of the molecule is CCCNC(c1cncc(F)c1)c1cc(Br)ccc1I. The zero-order valence-corrected chi connectivity index (χ0v) is 14.8. The predicted molar refractivity (Wildman–Crippen MR) is 91.2 cm³/mol. The van der Waals surface area contributed by atoms with Gasteiger partial charge < -0.3 is 5.32 Å². The summed E-state index contributed by atoms with van der Waals surface area (Å²) in [5.41, 5.74) is 1.97. The average molecular weight is 449 g/mol. The van der Waals surface area contributed by atoms with Crippen molar-refractivity contribution in [1.29, 1.82) is 0 Å². The second-order valence-corrected chi connectivity index (χ2v) is 6.57. The zero-order chi connectivity index (χ0) is 14.5. The van der Waals surface area contributed by atoms with Gasteiger partial charge in [0.05, 0.1) is 12.2 Å². The van der Waals surface area contributed by atoms with E-state index in [0.717, 1.165) is 32.1 Å². The molecule has 5 heteroatoms. The Balaban J connectivity index is 2.44. The molecule has 2 nitrogen and oxygen atoms in total. The Kier molecular flexibility index (Phi) is 5.92. The highest BCUT2D eigenvalue weighted by atomic mass is 127. The molecule has 0 fully saturated rings. The van der Waals surface area contributed by atoms with Crippen LogP contribution in [0.4, 0.5) is 4.39 Å². The first-order valence-electron chi connectivity index (χ1n) is 6.40. The van der Waals surface area contributed by atoms with E-state index >= 15 is 0 Å². The van der Waals surface area contributed by atoms with Gasteiger partial charge in [0, 0.05) is 14.2 Å². The van der Waals surface area contributed by atoms with Crippen molar-refractivity contribution in [1.82, 2.24) is 10.3 Å². The first-order valence-corrected chi connectivity index (χ1v) is 8.27. The highest BCUT2D eigenvalue weighted by Crippen LogP contribution is 2.29. The van der Waals surface area contributed by atoms with E-state index in [1.54, 1.807) is 6.20 Å². The smallest absolute Gasteiger partial charge is 0.141 e. The Morgan fingerprint density at radius 3 is 2.85 bits per heavy atom. The molecule has 0 radical (unpaired) electrons. The van der Waals surface area contributed by atoms with Gasteiger partial charge in [-0.3, -0.25) is 4.98 Å². The van der Waals surface area contributed by atoms with Crippen LogP contribution in [0.1, 0.15) is 30.5 Å². The zero-order valence-electron chi connectivity index (χ0n) is 11.0. The third-order valence-electron chi connectivity index (χ3n) is 2.93. The fourth-order valence-corrected chi connectivity index (χ4v) is 3.04. The van der Waals surface area contributed by atoms with Gasteiger partial charge in [0.1, 0.15) is 5.82 Å². The first kappa shape index (κ1) is 15.9. The van der Waals surface area contributed by atoms with Crippen LogP contribution >= 0.6 is 38.5 Å². The standard InChI is InChI=1S/C15H15BrFIN2/c1-2-5-20-15(10-6-12(17)9-19-8-10)13-7-11(16)3-4-14(13)18/h3-4,6-9,15,20H,2,5H2,1H3. The number of nitrogens with zero attached hydrogens (tertiary/aromatic N) is 1. The lowest BCUT2D eigenvalue weighted by Crippen LogP contribution is -2.24. The van der Waals surface area contributed by atoms with Gasteiger partial charge in [-0.2, -0.15) is 0 Å². The van der Waals surface area contributed by atoms with Crippen LogP contribution < -0.4 is 5.32 Å². The minimum Gasteiger partial charge on any atom is -0.306 e. The summed E-state index contributed by atoms with van der Waals surface area (Å²) in [5.74, 6) is -0.309. The summed E-state index contributed by atoms with van der Waals surface area (Å²) < 4.78 is 15.6. The van der Waals surface area contributed by atoms with E-state index in [-0.39, 0.29) is 11.9 Å². The van der Waals surface area contributed by atoms with Crippen LogP contribution in [0.3, 0.4) is 0 Å². The molecular weight excluding hydrogens is 434 g/mol. The molecule has 2 aromatic rings. The maximum atomic E-state index is 13.4. The largest absolute Gasteiger partial charge is 0.306 e. The van der Waals surface area contributed by atoms with Crippen LogP contribution in [-0.4, -0.2) is 11.5 Å². The molecule has 0 aliphatic heterocycles. The van der Waals surface area contributed by atoms with Gasteiger partial charge in [-0.1, -0.05) is 22.9 Å². The topological polar surface area (TPSA) is 24.9 Å². The molecule has 0 aliphatic rings. The number of aromatic nitrogens is 1. The number of rotatable bonds is 5. The Bertz CT molecular complexity index is 592. The average Bonchev–Trinajstić information content (AvgIpc) is 2.43. The van der Waals surface area contributed by atoms with Crippen molar-refractivity contribution in [3.05, 3.63) is 61.6 Å². The third-order valence-corrected chi connectivity index (χ3v) is 4.40. The Labute approximate surface area is 140 Å².